The highest BCUT2D eigenvalue weighted by Crippen LogP contribution is 2.48. The molecule has 9 nitrogen and oxygen atoms in total. The summed E-state index contributed by atoms with van der Waals surface area (Å²) in [5.74, 6) is 0.182. The molecule has 2 aromatic rings. The van der Waals surface area contributed by atoms with Gasteiger partial charge in [0.15, 0.2) is 5.65 Å². The van der Waals surface area contributed by atoms with Gasteiger partial charge in [-0.2, -0.15) is 9.61 Å². The van der Waals surface area contributed by atoms with E-state index in [9.17, 15) is 8.96 Å². The molecule has 0 aliphatic heterocycles. The molecule has 11 heteroatoms. The predicted octanol–water partition coefficient (Wildman–Crippen LogP) is 1.83. The number of nitrogens with zero attached hydrogens (tertiary/aromatic N) is 4. The molecule has 0 aliphatic carbocycles. The van der Waals surface area contributed by atoms with Crippen LogP contribution >= 0.6 is 7.60 Å². The fraction of sp³-hybridized carbons (Fsp3) is 0.615. The summed E-state index contributed by atoms with van der Waals surface area (Å²) in [5, 5.41) is 4.06. The van der Waals surface area contributed by atoms with Crippen molar-refractivity contribution in [3.8, 4) is 0 Å². The van der Waals surface area contributed by atoms with Gasteiger partial charge < -0.3 is 19.5 Å². The van der Waals surface area contributed by atoms with Crippen molar-refractivity contribution in [2.75, 3.05) is 32.0 Å². The summed E-state index contributed by atoms with van der Waals surface area (Å²) < 4.78 is 42.7. The molecule has 2 heterocycles. The van der Waals surface area contributed by atoms with Crippen LogP contribution in [0.4, 0.5) is 10.3 Å². The van der Waals surface area contributed by atoms with Crippen molar-refractivity contribution in [2.45, 2.75) is 26.4 Å². The van der Waals surface area contributed by atoms with Crippen LogP contribution in [0.5, 0.6) is 0 Å². The minimum absolute atomic E-state index is 0.182. The van der Waals surface area contributed by atoms with Gasteiger partial charge in [0.05, 0.1) is 25.5 Å². The van der Waals surface area contributed by atoms with E-state index in [-0.39, 0.29) is 31.9 Å². The Bertz CT molecular complexity index is 703. The number of hydrogen-bond acceptors (Lipinski definition) is 8. The number of ether oxygens (including phenoxy) is 1. The first-order valence-electron chi connectivity index (χ1n) is 7.51. The van der Waals surface area contributed by atoms with Gasteiger partial charge >= 0.3 is 7.60 Å². The number of alkyl halides is 1. The summed E-state index contributed by atoms with van der Waals surface area (Å²) in [4.78, 5) is 7.91. The molecule has 0 spiro atoms. The van der Waals surface area contributed by atoms with Gasteiger partial charge in [-0.25, -0.2) is 14.4 Å². The van der Waals surface area contributed by atoms with Crippen molar-refractivity contribution in [3.05, 3.63) is 18.1 Å². The smallest absolute Gasteiger partial charge is 0.356 e. The molecular weight excluding hydrogens is 340 g/mol. The van der Waals surface area contributed by atoms with E-state index in [0.29, 0.717) is 11.2 Å². The van der Waals surface area contributed by atoms with E-state index in [1.807, 2.05) is 0 Å². The maximum absolute atomic E-state index is 13.3. The van der Waals surface area contributed by atoms with Crippen molar-refractivity contribution in [1.29, 1.82) is 0 Å². The average Bonchev–Trinajstić information content (AvgIpc) is 2.96. The number of rotatable bonds is 10. The zero-order chi connectivity index (χ0) is 17.6. The van der Waals surface area contributed by atoms with E-state index < -0.39 is 20.4 Å². The summed E-state index contributed by atoms with van der Waals surface area (Å²) in [6.45, 7) is 3.05. The maximum Gasteiger partial charge on any atom is 0.356 e. The Balaban J connectivity index is 2.06. The first kappa shape index (κ1) is 18.7. The van der Waals surface area contributed by atoms with Crippen molar-refractivity contribution >= 4 is 19.2 Å². The number of hydrogen-bond donors (Lipinski definition) is 1. The summed E-state index contributed by atoms with van der Waals surface area (Å²) in [5.41, 5.74) is 6.81. The molecule has 134 valence electrons. The number of halogens is 1. The van der Waals surface area contributed by atoms with Gasteiger partial charge in [0.25, 0.3) is 0 Å². The van der Waals surface area contributed by atoms with Crippen LogP contribution in [0.25, 0.3) is 5.65 Å². The first-order valence-corrected chi connectivity index (χ1v) is 9.24. The molecule has 0 bridgehead atoms. The Kier molecular flexibility index (Phi) is 6.61. The third-order valence-electron chi connectivity index (χ3n) is 3.14. The summed E-state index contributed by atoms with van der Waals surface area (Å²) >= 11 is 0. The summed E-state index contributed by atoms with van der Waals surface area (Å²) in [6.07, 6.45) is 1.87. The maximum atomic E-state index is 13.3. The third-order valence-corrected chi connectivity index (χ3v) is 4.91. The highest BCUT2D eigenvalue weighted by Gasteiger charge is 2.26. The second-order valence-corrected chi connectivity index (χ2v) is 6.86. The second-order valence-electron chi connectivity index (χ2n) is 4.86. The van der Waals surface area contributed by atoms with Crippen LogP contribution in [0.1, 0.15) is 19.4 Å². The second kappa shape index (κ2) is 8.48. The summed E-state index contributed by atoms with van der Waals surface area (Å²) in [7, 11) is -3.39. The molecule has 2 aromatic heterocycles. The number of nitrogen functional groups attached to an aromatic ring is 1. The van der Waals surface area contributed by atoms with Gasteiger partial charge in [-0.15, -0.1) is 0 Å². The first-order chi connectivity index (χ1) is 11.5. The molecule has 0 aromatic carbocycles. The zero-order valence-corrected chi connectivity index (χ0v) is 14.5. The molecular formula is C13H21FN5O4P. The monoisotopic (exact) mass is 361 g/mol. The Morgan fingerprint density at radius 1 is 1.33 bits per heavy atom. The van der Waals surface area contributed by atoms with Gasteiger partial charge in [0, 0.05) is 12.0 Å². The van der Waals surface area contributed by atoms with Crippen LogP contribution < -0.4 is 5.73 Å². The molecule has 0 amide bonds. The molecule has 0 saturated carbocycles. The number of fused-ring (bicyclic) bond motifs is 1. The summed E-state index contributed by atoms with van der Waals surface area (Å²) in [6, 6.07) is 0. The fourth-order valence-electron chi connectivity index (χ4n) is 2.13. The minimum Gasteiger partial charge on any atom is -0.368 e. The van der Waals surface area contributed by atoms with Crippen LogP contribution in [0, 0.1) is 0 Å². The average molecular weight is 361 g/mol. The highest BCUT2D eigenvalue weighted by molar-refractivity contribution is 7.53. The van der Waals surface area contributed by atoms with Crippen LogP contribution in [-0.2, 0) is 24.8 Å². The lowest BCUT2D eigenvalue weighted by atomic mass is 10.1. The van der Waals surface area contributed by atoms with E-state index in [4.69, 9.17) is 19.5 Å². The van der Waals surface area contributed by atoms with Gasteiger partial charge in [-0.05, 0) is 13.8 Å². The van der Waals surface area contributed by atoms with E-state index in [1.165, 1.54) is 17.0 Å². The Morgan fingerprint density at radius 3 is 2.67 bits per heavy atom. The fourth-order valence-corrected chi connectivity index (χ4v) is 3.53. The topological polar surface area (TPSA) is 114 Å². The standard InChI is InChI=1S/C13H21FN5O4P/c1-3-22-24(20,23-4-2)9-21-11(6-14)5-10-7-18-19-12(10)16-8-17-13(19)15/h7-8,11H,3-6,9H2,1-2H3,(H2,15,16,17). The molecule has 1 atom stereocenters. The quantitative estimate of drug-likeness (QED) is 0.638. The van der Waals surface area contributed by atoms with Gasteiger partial charge in [-0.1, -0.05) is 0 Å². The van der Waals surface area contributed by atoms with Crippen LogP contribution in [0.15, 0.2) is 12.5 Å². The van der Waals surface area contributed by atoms with Gasteiger partial charge in [0.2, 0.25) is 5.95 Å². The van der Waals surface area contributed by atoms with E-state index in [1.54, 1.807) is 13.8 Å². The minimum atomic E-state index is -3.39. The molecule has 0 fully saturated rings. The molecule has 2 N–H and O–H groups in total. The molecule has 0 saturated heterocycles. The largest absolute Gasteiger partial charge is 0.368 e. The lowest BCUT2D eigenvalue weighted by molar-refractivity contribution is 0.0494. The van der Waals surface area contributed by atoms with Crippen molar-refractivity contribution in [1.82, 2.24) is 19.6 Å². The lowest BCUT2D eigenvalue weighted by Gasteiger charge is -2.20. The normalized spacial score (nSPS) is 13.5. The Hall–Kier alpha value is -1.61. The SMILES string of the molecule is CCOP(=O)(COC(CF)Cc1cnn2c(N)ncnc12)OCC. The van der Waals surface area contributed by atoms with Crippen LogP contribution in [-0.4, -0.2) is 51.9 Å². The van der Waals surface area contributed by atoms with E-state index in [0.717, 1.165) is 0 Å². The molecule has 2 rings (SSSR count). The van der Waals surface area contributed by atoms with Gasteiger partial charge in [-0.3, -0.25) is 4.57 Å². The van der Waals surface area contributed by atoms with Crippen LogP contribution in [0.3, 0.4) is 0 Å². The highest BCUT2D eigenvalue weighted by atomic mass is 31.2. The third kappa shape index (κ3) is 4.47. The van der Waals surface area contributed by atoms with Crippen molar-refractivity contribution in [3.63, 3.8) is 0 Å². The van der Waals surface area contributed by atoms with Gasteiger partial charge in [0.1, 0.15) is 19.3 Å². The Labute approximate surface area is 138 Å². The lowest BCUT2D eigenvalue weighted by Crippen LogP contribution is -2.20. The predicted molar refractivity (Wildman–Crippen MR) is 85.5 cm³/mol. The molecule has 0 aliphatic rings. The van der Waals surface area contributed by atoms with Crippen molar-refractivity contribution < 1.29 is 22.7 Å². The van der Waals surface area contributed by atoms with Crippen molar-refractivity contribution in [2.24, 2.45) is 0 Å². The molecule has 0 radical (unpaired) electrons. The number of aromatic nitrogens is 4. The van der Waals surface area contributed by atoms with E-state index in [2.05, 4.69) is 15.1 Å². The number of anilines is 1. The molecule has 24 heavy (non-hydrogen) atoms. The van der Waals surface area contributed by atoms with E-state index >= 15 is 0 Å². The zero-order valence-electron chi connectivity index (χ0n) is 13.6. The molecule has 1 unspecified atom stereocenters. The number of nitrogens with two attached hydrogens (primary N) is 1. The Morgan fingerprint density at radius 2 is 2.04 bits per heavy atom. The van der Waals surface area contributed by atoms with Crippen LogP contribution in [0.2, 0.25) is 0 Å².